The van der Waals surface area contributed by atoms with Gasteiger partial charge in [-0.25, -0.2) is 4.79 Å². The van der Waals surface area contributed by atoms with Crippen LogP contribution < -0.4 is 5.73 Å². The second kappa shape index (κ2) is 8.20. The van der Waals surface area contributed by atoms with Crippen LogP contribution in [0.25, 0.3) is 0 Å². The number of cyclic esters (lactones) is 1. The number of nitrogens with two attached hydrogens (primary N) is 1. The first-order chi connectivity index (χ1) is 13.7. The number of ether oxygens (including phenoxy) is 2. The molecule has 7 nitrogen and oxygen atoms in total. The molecule has 1 aliphatic heterocycles. The lowest BCUT2D eigenvalue weighted by Crippen LogP contribution is -2.57. The largest absolute Gasteiger partial charge is 0.458 e. The van der Waals surface area contributed by atoms with Crippen LogP contribution in [0.4, 0.5) is 0 Å². The molecule has 1 saturated heterocycles. The van der Waals surface area contributed by atoms with E-state index in [2.05, 4.69) is 13.5 Å². The first-order valence-electron chi connectivity index (χ1n) is 10.4. The van der Waals surface area contributed by atoms with Crippen molar-refractivity contribution in [3.05, 3.63) is 23.8 Å². The Balaban J connectivity index is 1.85. The molecule has 0 bridgehead atoms. The van der Waals surface area contributed by atoms with Gasteiger partial charge < -0.3 is 25.4 Å². The van der Waals surface area contributed by atoms with E-state index in [0.717, 1.165) is 24.8 Å². The van der Waals surface area contributed by atoms with Crippen molar-refractivity contribution in [2.45, 2.75) is 58.2 Å². The van der Waals surface area contributed by atoms with Crippen LogP contribution in [0.3, 0.4) is 0 Å². The molecule has 7 heteroatoms. The summed E-state index contributed by atoms with van der Waals surface area (Å²) in [6, 6.07) is 0. The highest BCUT2D eigenvalue weighted by Gasteiger charge is 2.57. The zero-order valence-electron chi connectivity index (χ0n) is 17.4. The van der Waals surface area contributed by atoms with Crippen molar-refractivity contribution in [2.75, 3.05) is 19.8 Å². The summed E-state index contributed by atoms with van der Waals surface area (Å²) in [7, 11) is 0. The topological polar surface area (TPSA) is 119 Å². The Morgan fingerprint density at radius 3 is 2.79 bits per heavy atom. The number of carbonyl (C=O) groups is 2. The van der Waals surface area contributed by atoms with Crippen LogP contribution in [0.1, 0.15) is 46.0 Å². The molecule has 4 N–H and O–H groups in total. The molecule has 0 aromatic rings. The van der Waals surface area contributed by atoms with Crippen molar-refractivity contribution < 1.29 is 29.3 Å². The number of rotatable bonds is 5. The number of aliphatic hydroxyl groups excluding tert-OH is 2. The molecule has 0 aromatic heterocycles. The zero-order valence-corrected chi connectivity index (χ0v) is 17.4. The number of allylic oxidation sites excluding steroid dienone is 2. The predicted molar refractivity (Wildman–Crippen MR) is 106 cm³/mol. The molecule has 0 radical (unpaired) electrons. The number of esters is 2. The Kier molecular flexibility index (Phi) is 6.22. The summed E-state index contributed by atoms with van der Waals surface area (Å²) in [5.74, 6) is -0.791. The Morgan fingerprint density at radius 1 is 1.41 bits per heavy atom. The SMILES string of the molecule is C=C1CCC2C(C)(CCC(O)[C@@]2(C)CO)C1C/C=C1\C(=O)OCC1OC(=O)CN. The standard InChI is InChI=1S/C22H33NO6/c1-13-4-7-17-21(2,9-8-18(25)22(17,3)12-24)15(13)6-5-14-16(11-28-20(14)27)29-19(26)10-23/h5,15-18,24-25H,1,4,6-12,23H2,2-3H3/b14-5-/t15?,16?,17?,18?,21?,22-/m0/s1. The Bertz CT molecular complexity index is 718. The fourth-order valence-electron chi connectivity index (χ4n) is 5.86. The molecule has 3 aliphatic rings. The van der Waals surface area contributed by atoms with Crippen LogP contribution in [0.5, 0.6) is 0 Å². The fourth-order valence-corrected chi connectivity index (χ4v) is 5.86. The predicted octanol–water partition coefficient (Wildman–Crippen LogP) is 1.47. The summed E-state index contributed by atoms with van der Waals surface area (Å²) in [5, 5.41) is 20.7. The monoisotopic (exact) mass is 407 g/mol. The minimum absolute atomic E-state index is 0.0106. The molecular formula is C22H33NO6. The highest BCUT2D eigenvalue weighted by Crippen LogP contribution is 2.61. The van der Waals surface area contributed by atoms with E-state index < -0.39 is 29.6 Å². The van der Waals surface area contributed by atoms with E-state index in [0.29, 0.717) is 18.4 Å². The Morgan fingerprint density at radius 2 is 2.14 bits per heavy atom. The van der Waals surface area contributed by atoms with Gasteiger partial charge in [-0.2, -0.15) is 0 Å². The maximum absolute atomic E-state index is 12.2. The van der Waals surface area contributed by atoms with Gasteiger partial charge in [-0.15, -0.1) is 0 Å². The van der Waals surface area contributed by atoms with Crippen LogP contribution in [-0.2, 0) is 19.1 Å². The van der Waals surface area contributed by atoms with E-state index in [1.54, 1.807) is 0 Å². The van der Waals surface area contributed by atoms with Gasteiger partial charge in [0.05, 0.1) is 24.8 Å². The first-order valence-corrected chi connectivity index (χ1v) is 10.4. The lowest BCUT2D eigenvalue weighted by atomic mass is 9.46. The maximum Gasteiger partial charge on any atom is 0.337 e. The molecule has 0 spiro atoms. The third kappa shape index (κ3) is 3.76. The number of hydrogen-bond acceptors (Lipinski definition) is 7. The quantitative estimate of drug-likeness (QED) is 0.359. The van der Waals surface area contributed by atoms with E-state index in [1.807, 2.05) is 13.0 Å². The molecule has 0 aromatic carbocycles. The molecular weight excluding hydrogens is 374 g/mol. The minimum Gasteiger partial charge on any atom is -0.458 e. The molecule has 1 heterocycles. The van der Waals surface area contributed by atoms with E-state index in [-0.39, 0.29) is 37.0 Å². The van der Waals surface area contributed by atoms with Gasteiger partial charge in [-0.1, -0.05) is 32.1 Å². The molecule has 6 atom stereocenters. The summed E-state index contributed by atoms with van der Waals surface area (Å²) >= 11 is 0. The lowest BCUT2D eigenvalue weighted by molar-refractivity contribution is -0.151. The molecule has 162 valence electrons. The second-order valence-corrected chi connectivity index (χ2v) is 9.20. The Labute approximate surface area is 171 Å². The van der Waals surface area contributed by atoms with Crippen molar-refractivity contribution in [3.63, 3.8) is 0 Å². The van der Waals surface area contributed by atoms with Gasteiger partial charge >= 0.3 is 11.9 Å². The summed E-state index contributed by atoms with van der Waals surface area (Å²) in [6.07, 6.45) is 4.30. The molecule has 2 aliphatic carbocycles. The van der Waals surface area contributed by atoms with Gasteiger partial charge in [-0.05, 0) is 49.4 Å². The fraction of sp³-hybridized carbons (Fsp3) is 0.727. The molecule has 3 rings (SSSR count). The van der Waals surface area contributed by atoms with E-state index in [9.17, 15) is 19.8 Å². The second-order valence-electron chi connectivity index (χ2n) is 9.20. The number of fused-ring (bicyclic) bond motifs is 1. The van der Waals surface area contributed by atoms with E-state index >= 15 is 0 Å². The summed E-state index contributed by atoms with van der Waals surface area (Å²) in [4.78, 5) is 23.7. The van der Waals surface area contributed by atoms with Crippen LogP contribution in [0, 0.1) is 22.7 Å². The van der Waals surface area contributed by atoms with Crippen molar-refractivity contribution in [3.8, 4) is 0 Å². The molecule has 29 heavy (non-hydrogen) atoms. The van der Waals surface area contributed by atoms with Crippen molar-refractivity contribution in [2.24, 2.45) is 28.4 Å². The number of hydrogen-bond donors (Lipinski definition) is 3. The Hall–Kier alpha value is -1.70. The van der Waals surface area contributed by atoms with Crippen LogP contribution >= 0.6 is 0 Å². The van der Waals surface area contributed by atoms with Crippen molar-refractivity contribution in [1.29, 1.82) is 0 Å². The highest BCUT2D eigenvalue weighted by atomic mass is 16.6. The number of carbonyl (C=O) groups excluding carboxylic acids is 2. The van der Waals surface area contributed by atoms with Crippen LogP contribution in [0.2, 0.25) is 0 Å². The first kappa shape index (κ1) is 22.0. The minimum atomic E-state index is -0.727. The summed E-state index contributed by atoms with van der Waals surface area (Å²) in [5.41, 5.74) is 6.09. The molecule has 2 saturated carbocycles. The average molecular weight is 408 g/mol. The summed E-state index contributed by atoms with van der Waals surface area (Å²) < 4.78 is 10.3. The van der Waals surface area contributed by atoms with Gasteiger partial charge in [0.2, 0.25) is 0 Å². The van der Waals surface area contributed by atoms with Gasteiger partial charge in [0.15, 0.2) is 6.10 Å². The van der Waals surface area contributed by atoms with Crippen molar-refractivity contribution >= 4 is 11.9 Å². The smallest absolute Gasteiger partial charge is 0.337 e. The van der Waals surface area contributed by atoms with Crippen molar-refractivity contribution in [1.82, 2.24) is 0 Å². The van der Waals surface area contributed by atoms with Crippen LogP contribution in [0.15, 0.2) is 23.8 Å². The van der Waals surface area contributed by atoms with Gasteiger partial charge in [0, 0.05) is 5.41 Å². The van der Waals surface area contributed by atoms with Gasteiger partial charge in [-0.3, -0.25) is 4.79 Å². The normalized spacial score (nSPS) is 41.2. The number of aliphatic hydroxyl groups is 2. The van der Waals surface area contributed by atoms with Gasteiger partial charge in [0.25, 0.3) is 0 Å². The third-order valence-corrected chi connectivity index (χ3v) is 7.66. The van der Waals surface area contributed by atoms with E-state index in [4.69, 9.17) is 15.2 Å². The van der Waals surface area contributed by atoms with Crippen LogP contribution in [-0.4, -0.2) is 54.1 Å². The van der Waals surface area contributed by atoms with E-state index in [1.165, 1.54) is 0 Å². The molecule has 0 amide bonds. The third-order valence-electron chi connectivity index (χ3n) is 7.66. The zero-order chi connectivity index (χ0) is 21.4. The lowest BCUT2D eigenvalue weighted by Gasteiger charge is -2.59. The maximum atomic E-state index is 12.2. The van der Waals surface area contributed by atoms with Gasteiger partial charge in [0.1, 0.15) is 6.61 Å². The molecule has 5 unspecified atom stereocenters. The summed E-state index contributed by atoms with van der Waals surface area (Å²) in [6.45, 7) is 8.18. The average Bonchev–Trinajstić information content (AvgIpc) is 3.03. The molecule has 3 fully saturated rings. The highest BCUT2D eigenvalue weighted by molar-refractivity contribution is 5.92.